The number of aliphatic hydroxyl groups is 1. The third kappa shape index (κ3) is 4.61. The van der Waals surface area contributed by atoms with Crippen molar-refractivity contribution in [2.75, 3.05) is 20.2 Å². The van der Waals surface area contributed by atoms with Crippen molar-refractivity contribution < 1.29 is 14.3 Å². The Kier molecular flexibility index (Phi) is 5.76. The van der Waals surface area contributed by atoms with Gasteiger partial charge in [0.15, 0.2) is 0 Å². The summed E-state index contributed by atoms with van der Waals surface area (Å²) >= 11 is 0. The lowest BCUT2D eigenvalue weighted by molar-refractivity contribution is 0.0562. The molecule has 1 N–H and O–H groups in total. The van der Waals surface area contributed by atoms with E-state index in [4.69, 9.17) is 9.15 Å². The minimum absolute atomic E-state index is 0.221. The van der Waals surface area contributed by atoms with Gasteiger partial charge in [-0.1, -0.05) is 19.3 Å². The highest BCUT2D eigenvalue weighted by Crippen LogP contribution is 2.23. The van der Waals surface area contributed by atoms with Gasteiger partial charge in [0.05, 0.1) is 0 Å². The zero-order valence-corrected chi connectivity index (χ0v) is 15.0. The van der Waals surface area contributed by atoms with Crippen LogP contribution in [0.2, 0.25) is 0 Å². The molecular weight excluding hydrogens is 318 g/mol. The molecule has 0 amide bonds. The van der Waals surface area contributed by atoms with Crippen LogP contribution in [0.25, 0.3) is 11.0 Å². The fraction of sp³-hybridized carbons (Fsp3) is 0.550. The molecule has 1 heterocycles. The minimum Gasteiger partial charge on any atom is -0.491 e. The Labute approximate surface area is 148 Å². The number of fused-ring (bicyclic) bond motifs is 1. The highest BCUT2D eigenvalue weighted by Gasteiger charge is 2.20. The largest absolute Gasteiger partial charge is 0.491 e. The molecule has 0 spiro atoms. The molecule has 1 saturated carbocycles. The zero-order valence-electron chi connectivity index (χ0n) is 15.0. The first kappa shape index (κ1) is 18.0. The molecule has 25 heavy (non-hydrogen) atoms. The Morgan fingerprint density at radius 1 is 1.28 bits per heavy atom. The maximum absolute atomic E-state index is 11.5. The summed E-state index contributed by atoms with van der Waals surface area (Å²) in [5, 5.41) is 11.2. The van der Waals surface area contributed by atoms with Gasteiger partial charge in [0.25, 0.3) is 0 Å². The fourth-order valence-electron chi connectivity index (χ4n) is 3.64. The third-order valence-electron chi connectivity index (χ3n) is 5.06. The van der Waals surface area contributed by atoms with Crippen molar-refractivity contribution >= 4 is 11.0 Å². The predicted octanol–water partition coefficient (Wildman–Crippen LogP) is 3.11. The number of aryl methyl sites for hydroxylation is 1. The molecule has 1 aliphatic rings. The SMILES string of the molecule is Cc1cc(=O)oc2cc(OC[C@@H](O)CN(C)C3CCCCC3)ccc12. The second kappa shape index (κ2) is 8.02. The van der Waals surface area contributed by atoms with Crippen LogP contribution in [0.3, 0.4) is 0 Å². The third-order valence-corrected chi connectivity index (χ3v) is 5.06. The summed E-state index contributed by atoms with van der Waals surface area (Å²) in [6.07, 6.45) is 5.77. The van der Waals surface area contributed by atoms with E-state index in [1.807, 2.05) is 19.1 Å². The quantitative estimate of drug-likeness (QED) is 0.815. The number of rotatable bonds is 6. The molecule has 3 rings (SSSR count). The normalized spacial score (nSPS) is 17.1. The fourth-order valence-corrected chi connectivity index (χ4v) is 3.64. The number of nitrogens with zero attached hydrogens (tertiary/aromatic N) is 1. The average Bonchev–Trinajstić information content (AvgIpc) is 2.60. The second-order valence-electron chi connectivity index (χ2n) is 7.10. The molecule has 0 radical (unpaired) electrons. The Morgan fingerprint density at radius 2 is 2.04 bits per heavy atom. The van der Waals surface area contributed by atoms with Gasteiger partial charge >= 0.3 is 5.63 Å². The van der Waals surface area contributed by atoms with Crippen molar-refractivity contribution in [2.45, 2.75) is 51.2 Å². The lowest BCUT2D eigenvalue weighted by atomic mass is 9.94. The maximum atomic E-state index is 11.5. The van der Waals surface area contributed by atoms with Crippen molar-refractivity contribution in [3.05, 3.63) is 40.2 Å². The number of aliphatic hydroxyl groups excluding tert-OH is 1. The van der Waals surface area contributed by atoms with Crippen molar-refractivity contribution in [3.63, 3.8) is 0 Å². The van der Waals surface area contributed by atoms with Gasteiger partial charge in [-0.25, -0.2) is 4.79 Å². The van der Waals surface area contributed by atoms with Gasteiger partial charge in [-0.3, -0.25) is 0 Å². The van der Waals surface area contributed by atoms with Crippen LogP contribution in [0.15, 0.2) is 33.5 Å². The van der Waals surface area contributed by atoms with Crippen LogP contribution >= 0.6 is 0 Å². The Balaban J connectivity index is 1.57. The highest BCUT2D eigenvalue weighted by molar-refractivity contribution is 5.81. The van der Waals surface area contributed by atoms with Crippen molar-refractivity contribution in [1.29, 1.82) is 0 Å². The van der Waals surface area contributed by atoms with Gasteiger partial charge in [-0.2, -0.15) is 0 Å². The standard InChI is InChI=1S/C20H27NO4/c1-14-10-20(23)25-19-11-17(8-9-18(14)19)24-13-16(22)12-21(2)15-6-4-3-5-7-15/h8-11,15-16,22H,3-7,12-13H2,1-2H3/t16-/m0/s1. The summed E-state index contributed by atoms with van der Waals surface area (Å²) in [5.74, 6) is 0.598. The second-order valence-corrected chi connectivity index (χ2v) is 7.10. The monoisotopic (exact) mass is 345 g/mol. The molecule has 2 aromatic rings. The molecule has 1 atom stereocenters. The van der Waals surface area contributed by atoms with E-state index in [2.05, 4.69) is 11.9 Å². The summed E-state index contributed by atoms with van der Waals surface area (Å²) in [7, 11) is 2.08. The number of benzene rings is 1. The van der Waals surface area contributed by atoms with Gasteiger partial charge in [-0.15, -0.1) is 0 Å². The van der Waals surface area contributed by atoms with Crippen LogP contribution in [0.1, 0.15) is 37.7 Å². The molecule has 1 aromatic heterocycles. The van der Waals surface area contributed by atoms with E-state index in [-0.39, 0.29) is 12.2 Å². The predicted molar refractivity (Wildman–Crippen MR) is 98.2 cm³/mol. The smallest absolute Gasteiger partial charge is 0.336 e. The molecule has 1 aromatic carbocycles. The summed E-state index contributed by atoms with van der Waals surface area (Å²) < 4.78 is 10.9. The topological polar surface area (TPSA) is 62.9 Å². The first-order chi connectivity index (χ1) is 12.0. The molecule has 0 unspecified atom stereocenters. The van der Waals surface area contributed by atoms with Crippen molar-refractivity contribution in [1.82, 2.24) is 4.90 Å². The molecule has 0 saturated heterocycles. The maximum Gasteiger partial charge on any atom is 0.336 e. The minimum atomic E-state index is -0.549. The summed E-state index contributed by atoms with van der Waals surface area (Å²) in [4.78, 5) is 13.7. The first-order valence-corrected chi connectivity index (χ1v) is 9.08. The summed E-state index contributed by atoms with van der Waals surface area (Å²) in [5.41, 5.74) is 1.03. The van der Waals surface area contributed by atoms with Crippen LogP contribution in [0, 0.1) is 6.92 Å². The van der Waals surface area contributed by atoms with Gasteiger partial charge in [0.2, 0.25) is 0 Å². The van der Waals surface area contributed by atoms with E-state index < -0.39 is 6.10 Å². The van der Waals surface area contributed by atoms with Gasteiger partial charge in [-0.05, 0) is 44.5 Å². The van der Waals surface area contributed by atoms with Gasteiger partial charge in [0.1, 0.15) is 24.0 Å². The highest BCUT2D eigenvalue weighted by atomic mass is 16.5. The van der Waals surface area contributed by atoms with E-state index >= 15 is 0 Å². The lowest BCUT2D eigenvalue weighted by Gasteiger charge is -2.32. The van der Waals surface area contributed by atoms with Crippen molar-refractivity contribution in [3.8, 4) is 5.75 Å². The molecule has 136 valence electrons. The van der Waals surface area contributed by atoms with Gasteiger partial charge < -0.3 is 19.2 Å². The number of hydrogen-bond acceptors (Lipinski definition) is 5. The Hall–Kier alpha value is -1.85. The van der Waals surface area contributed by atoms with Crippen LogP contribution in [0.4, 0.5) is 0 Å². The Bertz CT molecular complexity index is 764. The molecule has 5 nitrogen and oxygen atoms in total. The summed E-state index contributed by atoms with van der Waals surface area (Å²) in [6, 6.07) is 7.48. The molecule has 0 aliphatic heterocycles. The van der Waals surface area contributed by atoms with Gasteiger partial charge in [0, 0.05) is 30.1 Å². The van der Waals surface area contributed by atoms with Crippen LogP contribution in [0.5, 0.6) is 5.75 Å². The number of likely N-dealkylation sites (N-methyl/N-ethyl adjacent to an activating group) is 1. The summed E-state index contributed by atoms with van der Waals surface area (Å²) in [6.45, 7) is 2.70. The number of hydrogen-bond donors (Lipinski definition) is 1. The molecule has 1 fully saturated rings. The first-order valence-electron chi connectivity index (χ1n) is 9.08. The van der Waals surface area contributed by atoms with E-state index in [1.54, 1.807) is 6.07 Å². The Morgan fingerprint density at radius 3 is 2.80 bits per heavy atom. The van der Waals surface area contributed by atoms with E-state index in [9.17, 15) is 9.90 Å². The molecule has 0 bridgehead atoms. The lowest BCUT2D eigenvalue weighted by Crippen LogP contribution is -2.40. The zero-order chi connectivity index (χ0) is 17.8. The van der Waals surface area contributed by atoms with Crippen LogP contribution < -0.4 is 10.4 Å². The average molecular weight is 345 g/mol. The molecular formula is C20H27NO4. The molecule has 1 aliphatic carbocycles. The number of ether oxygens (including phenoxy) is 1. The van der Waals surface area contributed by atoms with Crippen LogP contribution in [-0.2, 0) is 0 Å². The van der Waals surface area contributed by atoms with E-state index in [1.165, 1.54) is 38.2 Å². The molecule has 5 heteroatoms. The van der Waals surface area contributed by atoms with Crippen molar-refractivity contribution in [2.24, 2.45) is 0 Å². The van der Waals surface area contributed by atoms with Crippen LogP contribution in [-0.4, -0.2) is 42.4 Å². The van der Waals surface area contributed by atoms with E-state index in [0.29, 0.717) is 23.9 Å². The van der Waals surface area contributed by atoms with E-state index in [0.717, 1.165) is 10.9 Å².